The summed E-state index contributed by atoms with van der Waals surface area (Å²) in [6, 6.07) is 10.6. The van der Waals surface area contributed by atoms with Crippen molar-refractivity contribution < 1.29 is 5.11 Å². The van der Waals surface area contributed by atoms with E-state index in [9.17, 15) is 5.11 Å². The van der Waals surface area contributed by atoms with Crippen LogP contribution in [0.25, 0.3) is 0 Å². The highest BCUT2D eigenvalue weighted by atomic mass is 16.3. The first-order chi connectivity index (χ1) is 12.3. The van der Waals surface area contributed by atoms with Crippen LogP contribution < -0.4 is 10.2 Å². The predicted molar refractivity (Wildman–Crippen MR) is 103 cm³/mol. The maximum Gasteiger partial charge on any atom is 0.0460 e. The van der Waals surface area contributed by atoms with Gasteiger partial charge in [-0.25, -0.2) is 0 Å². The third kappa shape index (κ3) is 4.18. The van der Waals surface area contributed by atoms with Crippen molar-refractivity contribution in [1.82, 2.24) is 10.2 Å². The van der Waals surface area contributed by atoms with Gasteiger partial charge < -0.3 is 20.2 Å². The van der Waals surface area contributed by atoms with Crippen molar-refractivity contribution in [3.63, 3.8) is 0 Å². The summed E-state index contributed by atoms with van der Waals surface area (Å²) >= 11 is 0. The largest absolute Gasteiger partial charge is 0.396 e. The predicted octanol–water partition coefficient (Wildman–Crippen LogP) is 2.61. The molecule has 0 spiro atoms. The molecule has 3 aliphatic heterocycles. The second-order valence-corrected chi connectivity index (χ2v) is 8.21. The summed E-state index contributed by atoms with van der Waals surface area (Å²) in [6.07, 6.45) is 7.65. The van der Waals surface area contributed by atoms with Crippen molar-refractivity contribution >= 4 is 5.69 Å². The lowest BCUT2D eigenvalue weighted by Gasteiger charge is -2.35. The molecule has 0 aromatic heterocycles. The van der Waals surface area contributed by atoms with E-state index in [4.69, 9.17) is 0 Å². The molecule has 0 amide bonds. The topological polar surface area (TPSA) is 38.7 Å². The van der Waals surface area contributed by atoms with Gasteiger partial charge in [0.25, 0.3) is 0 Å². The smallest absolute Gasteiger partial charge is 0.0460 e. The second-order valence-electron chi connectivity index (χ2n) is 8.21. The van der Waals surface area contributed by atoms with Crippen molar-refractivity contribution in [1.29, 1.82) is 0 Å². The molecular weight excluding hydrogens is 310 g/mol. The number of anilines is 1. The first-order valence-corrected chi connectivity index (χ1v) is 10.2. The number of hydrogen-bond donors (Lipinski definition) is 2. The molecule has 25 heavy (non-hydrogen) atoms. The van der Waals surface area contributed by atoms with Crippen molar-refractivity contribution in [2.24, 2.45) is 5.92 Å². The molecule has 2 atom stereocenters. The lowest BCUT2D eigenvalue weighted by Crippen LogP contribution is -2.45. The van der Waals surface area contributed by atoms with Gasteiger partial charge in [0.2, 0.25) is 0 Å². The standard InChI is InChI=1S/C21H33N3O/c25-16-18-7-11-24(12-8-18)20-5-3-17(4-6-20)15-22-19-9-13-23-10-1-2-21(23)14-19/h3-6,18-19,21-22,25H,1-2,7-16H2. The molecule has 0 saturated carbocycles. The summed E-state index contributed by atoms with van der Waals surface area (Å²) in [5.41, 5.74) is 2.72. The fourth-order valence-electron chi connectivity index (χ4n) is 4.87. The first-order valence-electron chi connectivity index (χ1n) is 10.2. The number of nitrogens with one attached hydrogen (secondary N) is 1. The zero-order valence-electron chi connectivity index (χ0n) is 15.4. The third-order valence-corrected chi connectivity index (χ3v) is 6.59. The quantitative estimate of drug-likeness (QED) is 0.862. The molecule has 3 aliphatic rings. The highest BCUT2D eigenvalue weighted by Gasteiger charge is 2.31. The van der Waals surface area contributed by atoms with E-state index in [1.165, 1.54) is 50.0 Å². The molecule has 138 valence electrons. The maximum atomic E-state index is 9.27. The van der Waals surface area contributed by atoms with Crippen molar-refractivity contribution in [3.8, 4) is 0 Å². The van der Waals surface area contributed by atoms with Crippen LogP contribution in [-0.4, -0.2) is 54.9 Å². The lowest BCUT2D eigenvalue weighted by molar-refractivity contribution is 0.166. The van der Waals surface area contributed by atoms with Crippen LogP contribution >= 0.6 is 0 Å². The van der Waals surface area contributed by atoms with Gasteiger partial charge in [-0.2, -0.15) is 0 Å². The zero-order chi connectivity index (χ0) is 17.1. The fraction of sp³-hybridized carbons (Fsp3) is 0.714. The van der Waals surface area contributed by atoms with Gasteiger partial charge in [0.1, 0.15) is 0 Å². The summed E-state index contributed by atoms with van der Waals surface area (Å²) < 4.78 is 0. The molecule has 1 aromatic carbocycles. The highest BCUT2D eigenvalue weighted by molar-refractivity contribution is 5.48. The molecular formula is C21H33N3O. The number of fused-ring (bicyclic) bond motifs is 1. The summed E-state index contributed by atoms with van der Waals surface area (Å²) in [6.45, 7) is 6.09. The van der Waals surface area contributed by atoms with E-state index in [1.54, 1.807) is 0 Å². The maximum absolute atomic E-state index is 9.27. The van der Waals surface area contributed by atoms with Gasteiger partial charge in [0.05, 0.1) is 0 Å². The summed E-state index contributed by atoms with van der Waals surface area (Å²) in [4.78, 5) is 5.14. The molecule has 2 unspecified atom stereocenters. The van der Waals surface area contributed by atoms with Crippen LogP contribution in [0, 0.1) is 5.92 Å². The SMILES string of the molecule is OCC1CCN(c2ccc(CNC3CCN4CCCC4C3)cc2)CC1. The second kappa shape index (κ2) is 8.07. The van der Waals surface area contributed by atoms with Crippen LogP contribution in [-0.2, 0) is 6.54 Å². The van der Waals surface area contributed by atoms with Gasteiger partial charge in [-0.15, -0.1) is 0 Å². The van der Waals surface area contributed by atoms with Gasteiger partial charge in [-0.1, -0.05) is 12.1 Å². The van der Waals surface area contributed by atoms with Crippen LogP contribution in [0.15, 0.2) is 24.3 Å². The first kappa shape index (κ1) is 17.3. The summed E-state index contributed by atoms with van der Waals surface area (Å²) in [7, 11) is 0. The average Bonchev–Trinajstić information content (AvgIpc) is 3.15. The Kier molecular flexibility index (Phi) is 5.59. The molecule has 0 radical (unpaired) electrons. The van der Waals surface area contributed by atoms with Crippen molar-refractivity contribution in [2.45, 2.75) is 57.2 Å². The lowest BCUT2D eigenvalue weighted by atomic mass is 9.97. The molecule has 4 rings (SSSR count). The minimum Gasteiger partial charge on any atom is -0.396 e. The van der Waals surface area contributed by atoms with Crippen LogP contribution in [0.5, 0.6) is 0 Å². The van der Waals surface area contributed by atoms with Crippen molar-refractivity contribution in [2.75, 3.05) is 37.7 Å². The number of aliphatic hydroxyl groups excluding tert-OH is 1. The van der Waals surface area contributed by atoms with E-state index in [0.717, 1.165) is 38.5 Å². The van der Waals surface area contributed by atoms with Crippen LogP contribution in [0.2, 0.25) is 0 Å². The molecule has 3 heterocycles. The molecule has 0 bridgehead atoms. The molecule has 4 heteroatoms. The van der Waals surface area contributed by atoms with E-state index in [0.29, 0.717) is 18.6 Å². The molecule has 2 N–H and O–H groups in total. The molecule has 3 saturated heterocycles. The Bertz CT molecular complexity index is 539. The van der Waals surface area contributed by atoms with Gasteiger partial charge in [0.15, 0.2) is 0 Å². The van der Waals surface area contributed by atoms with Crippen molar-refractivity contribution in [3.05, 3.63) is 29.8 Å². The number of aliphatic hydroxyl groups is 1. The number of nitrogens with zero attached hydrogens (tertiary/aromatic N) is 2. The summed E-state index contributed by atoms with van der Waals surface area (Å²) in [5, 5.41) is 13.1. The van der Waals surface area contributed by atoms with Crippen LogP contribution in [0.3, 0.4) is 0 Å². The van der Waals surface area contributed by atoms with E-state index in [2.05, 4.69) is 39.4 Å². The Morgan fingerprint density at radius 3 is 2.52 bits per heavy atom. The zero-order valence-corrected chi connectivity index (χ0v) is 15.4. The minimum absolute atomic E-state index is 0.345. The molecule has 3 fully saturated rings. The molecule has 0 aliphatic carbocycles. The number of piperidine rings is 2. The highest BCUT2D eigenvalue weighted by Crippen LogP contribution is 2.27. The van der Waals surface area contributed by atoms with E-state index >= 15 is 0 Å². The Hall–Kier alpha value is -1.10. The molecule has 4 nitrogen and oxygen atoms in total. The fourth-order valence-corrected chi connectivity index (χ4v) is 4.87. The summed E-state index contributed by atoms with van der Waals surface area (Å²) in [5.74, 6) is 0.506. The van der Waals surface area contributed by atoms with Gasteiger partial charge >= 0.3 is 0 Å². The van der Waals surface area contributed by atoms with Gasteiger partial charge in [-0.05, 0) is 75.2 Å². The van der Waals surface area contributed by atoms with E-state index < -0.39 is 0 Å². The Morgan fingerprint density at radius 1 is 0.960 bits per heavy atom. The normalized spacial score (nSPS) is 28.3. The Balaban J connectivity index is 1.25. The van der Waals surface area contributed by atoms with Crippen LogP contribution in [0.1, 0.15) is 44.1 Å². The monoisotopic (exact) mass is 343 g/mol. The number of benzene rings is 1. The van der Waals surface area contributed by atoms with Gasteiger partial charge in [-0.3, -0.25) is 0 Å². The third-order valence-electron chi connectivity index (χ3n) is 6.59. The van der Waals surface area contributed by atoms with E-state index in [1.807, 2.05) is 0 Å². The Morgan fingerprint density at radius 2 is 1.76 bits per heavy atom. The van der Waals surface area contributed by atoms with Gasteiger partial charge in [0, 0.05) is 44.0 Å². The van der Waals surface area contributed by atoms with E-state index in [-0.39, 0.29) is 0 Å². The average molecular weight is 344 g/mol. The minimum atomic E-state index is 0.345. The van der Waals surface area contributed by atoms with Crippen LogP contribution in [0.4, 0.5) is 5.69 Å². The Labute approximate surface area is 152 Å². The number of hydrogen-bond acceptors (Lipinski definition) is 4. The molecule has 1 aromatic rings. The number of rotatable bonds is 5.